The summed E-state index contributed by atoms with van der Waals surface area (Å²) in [5, 5.41) is 10.9. The van der Waals surface area contributed by atoms with Crippen molar-refractivity contribution >= 4 is 39.2 Å². The van der Waals surface area contributed by atoms with E-state index in [1.807, 2.05) is 30.5 Å². The molecule has 0 radical (unpaired) electrons. The van der Waals surface area contributed by atoms with Gasteiger partial charge >= 0.3 is 0 Å². The molecule has 2 aromatic carbocycles. The van der Waals surface area contributed by atoms with Gasteiger partial charge in [0.05, 0.1) is 34.8 Å². The molecule has 2 atom stereocenters. The second-order valence-corrected chi connectivity index (χ2v) is 11.6. The number of thioether (sulfide) groups is 1. The minimum atomic E-state index is -4.02. The molecule has 8 nitrogen and oxygen atoms in total. The third-order valence-electron chi connectivity index (χ3n) is 6.69. The Bertz CT molecular complexity index is 1410. The number of anilines is 1. The third-order valence-corrected chi connectivity index (χ3v) is 9.35. The fourth-order valence-corrected chi connectivity index (χ4v) is 6.93. The first-order valence-corrected chi connectivity index (χ1v) is 14.2. The number of hydrogen-bond acceptors (Lipinski definition) is 7. The molecule has 1 fully saturated rings. The highest BCUT2D eigenvalue weighted by atomic mass is 32.2. The van der Waals surface area contributed by atoms with Crippen LogP contribution in [0.1, 0.15) is 40.4 Å². The summed E-state index contributed by atoms with van der Waals surface area (Å²) in [7, 11) is -4.02. The van der Waals surface area contributed by atoms with Crippen LogP contribution in [-0.4, -0.2) is 53.3 Å². The number of carbonyl (C=O) groups is 2. The summed E-state index contributed by atoms with van der Waals surface area (Å²) < 4.78 is 28.5. The molecule has 3 aromatic rings. The summed E-state index contributed by atoms with van der Waals surface area (Å²) in [6, 6.07) is 14.7. The monoisotopic (exact) mass is 523 g/mol. The van der Waals surface area contributed by atoms with Crippen molar-refractivity contribution in [2.75, 3.05) is 17.7 Å². The molecule has 10 heteroatoms. The van der Waals surface area contributed by atoms with Crippen molar-refractivity contribution in [1.29, 1.82) is 0 Å². The van der Waals surface area contributed by atoms with Gasteiger partial charge in [0.1, 0.15) is 0 Å². The maximum absolute atomic E-state index is 13.6. The number of aromatic nitrogens is 1. The van der Waals surface area contributed by atoms with Gasteiger partial charge < -0.3 is 10.0 Å². The van der Waals surface area contributed by atoms with Gasteiger partial charge in [-0.15, -0.1) is 11.8 Å². The van der Waals surface area contributed by atoms with Gasteiger partial charge in [-0.1, -0.05) is 18.2 Å². The van der Waals surface area contributed by atoms with Gasteiger partial charge in [0, 0.05) is 29.4 Å². The Kier molecular flexibility index (Phi) is 6.69. The molecule has 0 bridgehead atoms. The highest BCUT2D eigenvalue weighted by molar-refractivity contribution is 7.98. The van der Waals surface area contributed by atoms with E-state index in [-0.39, 0.29) is 23.5 Å². The SMILES string of the molecule is CSc1ccc(CN2C(=O)C(=O)c3cc(S(=O)(=O)N4CCCC4C(O)c4cccnc4)ccc32)cc1. The van der Waals surface area contributed by atoms with E-state index in [1.54, 1.807) is 30.1 Å². The predicted molar refractivity (Wildman–Crippen MR) is 136 cm³/mol. The zero-order valence-corrected chi connectivity index (χ0v) is 21.2. The molecule has 2 aliphatic heterocycles. The molecule has 0 aliphatic carbocycles. The average molecular weight is 524 g/mol. The summed E-state index contributed by atoms with van der Waals surface area (Å²) in [4.78, 5) is 32.0. The lowest BCUT2D eigenvalue weighted by Gasteiger charge is -2.28. The molecule has 5 rings (SSSR count). The fourth-order valence-electron chi connectivity index (χ4n) is 4.80. The Balaban J connectivity index is 1.43. The highest BCUT2D eigenvalue weighted by Crippen LogP contribution is 2.37. The second-order valence-electron chi connectivity index (χ2n) is 8.80. The van der Waals surface area contributed by atoms with Crippen molar-refractivity contribution in [1.82, 2.24) is 9.29 Å². The van der Waals surface area contributed by atoms with E-state index in [1.165, 1.54) is 33.6 Å². The minimum absolute atomic E-state index is 0.0705. The first-order chi connectivity index (χ1) is 17.3. The number of sulfonamides is 1. The first kappa shape index (κ1) is 24.6. The number of nitrogens with zero attached hydrogens (tertiary/aromatic N) is 3. The Hall–Kier alpha value is -3.05. The molecule has 1 N–H and O–H groups in total. The summed E-state index contributed by atoms with van der Waals surface area (Å²) in [5.41, 5.74) is 1.87. The third kappa shape index (κ3) is 4.34. The Morgan fingerprint density at radius 3 is 2.61 bits per heavy atom. The lowest BCUT2D eigenvalue weighted by molar-refractivity contribution is -0.114. The van der Waals surface area contributed by atoms with Crippen molar-refractivity contribution in [3.05, 3.63) is 83.7 Å². The first-order valence-electron chi connectivity index (χ1n) is 11.5. The number of amides is 1. The number of Topliss-reactive ketones (excluding diaryl/α,β-unsaturated/α-hetero) is 1. The number of hydrogen-bond donors (Lipinski definition) is 1. The van der Waals surface area contributed by atoms with Gasteiger partial charge in [-0.05, 0) is 61.1 Å². The molecular weight excluding hydrogens is 498 g/mol. The zero-order chi connectivity index (χ0) is 25.4. The normalized spacial score (nSPS) is 19.1. The molecule has 0 saturated carbocycles. The average Bonchev–Trinajstić information content (AvgIpc) is 3.49. The summed E-state index contributed by atoms with van der Waals surface area (Å²) >= 11 is 1.61. The Labute approximate surface area is 214 Å². The topological polar surface area (TPSA) is 108 Å². The van der Waals surface area contributed by atoms with Crippen LogP contribution in [-0.2, 0) is 21.4 Å². The Morgan fingerprint density at radius 2 is 1.92 bits per heavy atom. The van der Waals surface area contributed by atoms with Crippen LogP contribution >= 0.6 is 11.8 Å². The van der Waals surface area contributed by atoms with Crippen LogP contribution in [0, 0.1) is 0 Å². The number of fused-ring (bicyclic) bond motifs is 1. The van der Waals surface area contributed by atoms with Gasteiger partial charge in [-0.2, -0.15) is 4.31 Å². The van der Waals surface area contributed by atoms with Gasteiger partial charge in [0.2, 0.25) is 10.0 Å². The van der Waals surface area contributed by atoms with E-state index in [0.717, 1.165) is 10.5 Å². The zero-order valence-electron chi connectivity index (χ0n) is 19.6. The van der Waals surface area contributed by atoms with Crippen LogP contribution in [0.25, 0.3) is 0 Å². The van der Waals surface area contributed by atoms with Crippen molar-refractivity contribution in [3.63, 3.8) is 0 Å². The number of rotatable bonds is 7. The lowest BCUT2D eigenvalue weighted by Crippen LogP contribution is -2.39. The number of pyridine rings is 1. The smallest absolute Gasteiger partial charge is 0.299 e. The second kappa shape index (κ2) is 9.78. The number of aliphatic hydroxyl groups is 1. The van der Waals surface area contributed by atoms with Gasteiger partial charge in [0.25, 0.3) is 11.7 Å². The highest BCUT2D eigenvalue weighted by Gasteiger charge is 2.42. The van der Waals surface area contributed by atoms with Crippen molar-refractivity contribution in [2.24, 2.45) is 0 Å². The summed E-state index contributed by atoms with van der Waals surface area (Å²) in [5.74, 6) is -1.41. The van der Waals surface area contributed by atoms with E-state index in [2.05, 4.69) is 4.98 Å². The van der Waals surface area contributed by atoms with Crippen LogP contribution in [0.4, 0.5) is 5.69 Å². The van der Waals surface area contributed by atoms with E-state index in [9.17, 15) is 23.1 Å². The largest absolute Gasteiger partial charge is 0.387 e. The van der Waals surface area contributed by atoms with Crippen LogP contribution in [0.3, 0.4) is 0 Å². The van der Waals surface area contributed by atoms with Gasteiger partial charge in [-0.25, -0.2) is 8.42 Å². The maximum Gasteiger partial charge on any atom is 0.299 e. The molecule has 36 heavy (non-hydrogen) atoms. The molecule has 1 amide bonds. The maximum atomic E-state index is 13.6. The van der Waals surface area contributed by atoms with E-state index in [4.69, 9.17) is 0 Å². The molecule has 2 aliphatic rings. The predicted octanol–water partition coefficient (Wildman–Crippen LogP) is 3.42. The van der Waals surface area contributed by atoms with Crippen molar-refractivity contribution in [2.45, 2.75) is 41.3 Å². The fraction of sp³-hybridized carbons (Fsp3) is 0.269. The summed E-state index contributed by atoms with van der Waals surface area (Å²) in [6.45, 7) is 0.469. The van der Waals surface area contributed by atoms with E-state index in [0.29, 0.717) is 24.1 Å². The number of benzene rings is 2. The van der Waals surface area contributed by atoms with Gasteiger partial charge in [-0.3, -0.25) is 14.6 Å². The van der Waals surface area contributed by atoms with Crippen LogP contribution in [0.2, 0.25) is 0 Å². The molecule has 0 spiro atoms. The van der Waals surface area contributed by atoms with Crippen LogP contribution in [0.15, 0.2) is 76.8 Å². The quantitative estimate of drug-likeness (QED) is 0.373. The van der Waals surface area contributed by atoms with Crippen molar-refractivity contribution in [3.8, 4) is 0 Å². The standard InChI is InChI=1S/C26H25N3O5S2/c1-35-19-8-6-17(7-9-19)16-28-22-11-10-20(14-21(22)25(31)26(28)32)36(33,34)29-13-3-5-23(29)24(30)18-4-2-12-27-15-18/h2,4,6-12,14-15,23-24,30H,3,5,13,16H2,1H3. The number of aliphatic hydroxyl groups excluding tert-OH is 1. The molecule has 1 saturated heterocycles. The molecule has 3 heterocycles. The van der Waals surface area contributed by atoms with Crippen LogP contribution < -0.4 is 4.90 Å². The number of carbonyl (C=O) groups excluding carboxylic acids is 2. The van der Waals surface area contributed by atoms with Crippen molar-refractivity contribution < 1.29 is 23.1 Å². The summed E-state index contributed by atoms with van der Waals surface area (Å²) in [6.07, 6.45) is 5.17. The van der Waals surface area contributed by atoms with E-state index < -0.39 is 33.9 Å². The lowest BCUT2D eigenvalue weighted by atomic mass is 10.0. The van der Waals surface area contributed by atoms with Crippen LogP contribution in [0.5, 0.6) is 0 Å². The molecular formula is C26H25N3O5S2. The van der Waals surface area contributed by atoms with E-state index >= 15 is 0 Å². The van der Waals surface area contributed by atoms with Gasteiger partial charge in [0.15, 0.2) is 0 Å². The minimum Gasteiger partial charge on any atom is -0.387 e. The Morgan fingerprint density at radius 1 is 1.14 bits per heavy atom. The molecule has 1 aromatic heterocycles. The number of ketones is 1. The molecule has 2 unspecified atom stereocenters. The molecule has 186 valence electrons.